The van der Waals surface area contributed by atoms with E-state index < -0.39 is 5.97 Å². The minimum Gasteiger partial charge on any atom is -0.481 e. The molecule has 0 spiro atoms. The van der Waals surface area contributed by atoms with Crippen molar-refractivity contribution in [2.45, 2.75) is 18.8 Å². The molecule has 0 aromatic carbocycles. The Hall–Kier alpha value is -1.36. The van der Waals surface area contributed by atoms with Crippen molar-refractivity contribution in [1.82, 2.24) is 10.3 Å². The number of rotatable bonds is 3. The van der Waals surface area contributed by atoms with E-state index in [0.717, 1.165) is 19.5 Å². The Kier molecular flexibility index (Phi) is 2.49. The zero-order chi connectivity index (χ0) is 9.97. The Morgan fingerprint density at radius 1 is 1.79 bits per heavy atom. The second-order valence-electron chi connectivity index (χ2n) is 3.44. The minimum absolute atomic E-state index is 0.0658. The molecule has 1 atom stereocenters. The van der Waals surface area contributed by atoms with Crippen molar-refractivity contribution in [3.63, 3.8) is 0 Å². The molecule has 1 aromatic heterocycles. The zero-order valence-electron chi connectivity index (χ0n) is 7.69. The predicted molar refractivity (Wildman–Crippen MR) is 48.1 cm³/mol. The van der Waals surface area contributed by atoms with Crippen LogP contribution in [0.5, 0.6) is 0 Å². The van der Waals surface area contributed by atoms with E-state index in [4.69, 9.17) is 9.52 Å². The average Bonchev–Trinajstić information content (AvgIpc) is 2.69. The molecule has 5 heteroatoms. The second-order valence-corrected chi connectivity index (χ2v) is 3.44. The van der Waals surface area contributed by atoms with Gasteiger partial charge in [0.05, 0.1) is 12.1 Å². The Morgan fingerprint density at radius 3 is 3.29 bits per heavy atom. The molecule has 1 fully saturated rings. The fourth-order valence-corrected chi connectivity index (χ4v) is 1.61. The Balaban J connectivity index is 2.05. The molecule has 0 amide bonds. The molecule has 0 bridgehead atoms. The molecule has 1 unspecified atom stereocenters. The van der Waals surface area contributed by atoms with Crippen molar-refractivity contribution < 1.29 is 14.3 Å². The van der Waals surface area contributed by atoms with Gasteiger partial charge in [0.1, 0.15) is 6.26 Å². The van der Waals surface area contributed by atoms with E-state index in [9.17, 15) is 4.79 Å². The molecule has 0 saturated carbocycles. The number of aliphatic carboxylic acids is 1. The lowest BCUT2D eigenvalue weighted by atomic mass is 10.1. The van der Waals surface area contributed by atoms with Gasteiger partial charge in [-0.2, -0.15) is 0 Å². The topological polar surface area (TPSA) is 75.4 Å². The molecule has 5 nitrogen and oxygen atoms in total. The first kappa shape index (κ1) is 9.21. The number of oxazole rings is 1. The first-order chi connectivity index (χ1) is 6.75. The smallest absolute Gasteiger partial charge is 0.309 e. The van der Waals surface area contributed by atoms with Gasteiger partial charge in [-0.15, -0.1) is 0 Å². The quantitative estimate of drug-likeness (QED) is 0.730. The summed E-state index contributed by atoms with van der Waals surface area (Å²) >= 11 is 0. The van der Waals surface area contributed by atoms with Crippen LogP contribution >= 0.6 is 0 Å². The summed E-state index contributed by atoms with van der Waals surface area (Å²) in [6.45, 7) is 1.84. The highest BCUT2D eigenvalue weighted by molar-refractivity contribution is 5.69. The van der Waals surface area contributed by atoms with Gasteiger partial charge in [0, 0.05) is 12.5 Å². The van der Waals surface area contributed by atoms with Crippen LogP contribution in [0.25, 0.3) is 0 Å². The summed E-state index contributed by atoms with van der Waals surface area (Å²) in [6, 6.07) is 0. The maximum Gasteiger partial charge on any atom is 0.309 e. The summed E-state index contributed by atoms with van der Waals surface area (Å²) in [4.78, 5) is 14.6. The van der Waals surface area contributed by atoms with Gasteiger partial charge in [-0.3, -0.25) is 4.79 Å². The van der Waals surface area contributed by atoms with Crippen molar-refractivity contribution in [3.05, 3.63) is 17.8 Å². The van der Waals surface area contributed by atoms with Crippen LogP contribution in [0.4, 0.5) is 0 Å². The van der Waals surface area contributed by atoms with Crippen LogP contribution in [0.3, 0.4) is 0 Å². The number of carbonyl (C=O) groups is 1. The molecule has 2 rings (SSSR count). The first-order valence-corrected chi connectivity index (χ1v) is 4.62. The molecule has 1 aliphatic rings. The van der Waals surface area contributed by atoms with E-state index in [-0.39, 0.29) is 6.42 Å². The van der Waals surface area contributed by atoms with E-state index >= 15 is 0 Å². The molecule has 1 aliphatic heterocycles. The monoisotopic (exact) mass is 196 g/mol. The van der Waals surface area contributed by atoms with Gasteiger partial charge in [0.25, 0.3) is 0 Å². The summed E-state index contributed by atoms with van der Waals surface area (Å²) in [5.74, 6) is 0.0817. The summed E-state index contributed by atoms with van der Waals surface area (Å²) in [5, 5.41) is 11.8. The van der Waals surface area contributed by atoms with Crippen molar-refractivity contribution in [2.75, 3.05) is 13.1 Å². The molecule has 76 valence electrons. The SMILES string of the molecule is O=C(O)Cc1coc(C2CCNC2)n1. The number of hydrogen-bond acceptors (Lipinski definition) is 4. The summed E-state index contributed by atoms with van der Waals surface area (Å²) in [7, 11) is 0. The van der Waals surface area contributed by atoms with Gasteiger partial charge in [-0.05, 0) is 13.0 Å². The Morgan fingerprint density at radius 2 is 2.64 bits per heavy atom. The molecule has 14 heavy (non-hydrogen) atoms. The van der Waals surface area contributed by atoms with Gasteiger partial charge in [0.2, 0.25) is 0 Å². The van der Waals surface area contributed by atoms with Crippen molar-refractivity contribution in [1.29, 1.82) is 0 Å². The largest absolute Gasteiger partial charge is 0.481 e. The van der Waals surface area contributed by atoms with E-state index in [0.29, 0.717) is 17.5 Å². The lowest BCUT2D eigenvalue weighted by Crippen LogP contribution is -2.08. The lowest BCUT2D eigenvalue weighted by molar-refractivity contribution is -0.136. The molecular formula is C9H12N2O3. The van der Waals surface area contributed by atoms with Crippen molar-refractivity contribution >= 4 is 5.97 Å². The Bertz CT molecular complexity index is 329. The molecule has 0 radical (unpaired) electrons. The summed E-state index contributed by atoms with van der Waals surface area (Å²) in [6.07, 6.45) is 2.37. The van der Waals surface area contributed by atoms with Gasteiger partial charge in [-0.25, -0.2) is 4.98 Å². The third kappa shape index (κ3) is 1.93. The number of nitrogens with zero attached hydrogens (tertiary/aromatic N) is 1. The fourth-order valence-electron chi connectivity index (χ4n) is 1.61. The third-order valence-electron chi connectivity index (χ3n) is 2.31. The van der Waals surface area contributed by atoms with Gasteiger partial charge < -0.3 is 14.8 Å². The predicted octanol–water partition coefficient (Wildman–Crippen LogP) is 0.379. The first-order valence-electron chi connectivity index (χ1n) is 4.62. The molecular weight excluding hydrogens is 184 g/mol. The van der Waals surface area contributed by atoms with Crippen LogP contribution < -0.4 is 5.32 Å². The molecule has 0 aliphatic carbocycles. The van der Waals surface area contributed by atoms with Gasteiger partial charge in [0.15, 0.2) is 5.89 Å². The number of hydrogen-bond donors (Lipinski definition) is 2. The van der Waals surface area contributed by atoms with Crippen molar-refractivity contribution in [3.8, 4) is 0 Å². The second kappa shape index (κ2) is 3.79. The normalized spacial score (nSPS) is 21.3. The number of aromatic nitrogens is 1. The molecule has 1 saturated heterocycles. The third-order valence-corrected chi connectivity index (χ3v) is 2.31. The van der Waals surface area contributed by atoms with Gasteiger partial charge >= 0.3 is 5.97 Å². The molecule has 1 aromatic rings. The van der Waals surface area contributed by atoms with E-state index in [2.05, 4.69) is 10.3 Å². The highest BCUT2D eigenvalue weighted by Gasteiger charge is 2.21. The number of carboxylic acid groups (broad SMARTS) is 1. The summed E-state index contributed by atoms with van der Waals surface area (Å²) < 4.78 is 5.24. The molecule has 2 heterocycles. The van der Waals surface area contributed by atoms with Crippen LogP contribution in [0, 0.1) is 0 Å². The Labute approximate surface area is 81.1 Å². The van der Waals surface area contributed by atoms with E-state index in [1.807, 2.05) is 0 Å². The lowest BCUT2D eigenvalue weighted by Gasteiger charge is -1.99. The van der Waals surface area contributed by atoms with Crippen LogP contribution in [0.1, 0.15) is 23.9 Å². The zero-order valence-corrected chi connectivity index (χ0v) is 7.69. The van der Waals surface area contributed by atoms with Crippen molar-refractivity contribution in [2.24, 2.45) is 0 Å². The number of carboxylic acids is 1. The fraction of sp³-hybridized carbons (Fsp3) is 0.556. The summed E-state index contributed by atoms with van der Waals surface area (Å²) in [5.41, 5.74) is 0.499. The van der Waals surface area contributed by atoms with Crippen LogP contribution in [0.2, 0.25) is 0 Å². The maximum atomic E-state index is 10.4. The minimum atomic E-state index is -0.880. The van der Waals surface area contributed by atoms with E-state index in [1.165, 1.54) is 6.26 Å². The van der Waals surface area contributed by atoms with Gasteiger partial charge in [-0.1, -0.05) is 0 Å². The van der Waals surface area contributed by atoms with Crippen LogP contribution in [-0.2, 0) is 11.2 Å². The number of nitrogens with one attached hydrogen (secondary N) is 1. The highest BCUT2D eigenvalue weighted by Crippen LogP contribution is 2.21. The average molecular weight is 196 g/mol. The maximum absolute atomic E-state index is 10.4. The van der Waals surface area contributed by atoms with Crippen LogP contribution in [-0.4, -0.2) is 29.1 Å². The molecule has 2 N–H and O–H groups in total. The van der Waals surface area contributed by atoms with E-state index in [1.54, 1.807) is 0 Å². The van der Waals surface area contributed by atoms with Crippen LogP contribution in [0.15, 0.2) is 10.7 Å². The standard InChI is InChI=1S/C9H12N2O3/c12-8(13)3-7-5-14-9(11-7)6-1-2-10-4-6/h5-6,10H,1-4H2,(H,12,13). The highest BCUT2D eigenvalue weighted by atomic mass is 16.4.